The van der Waals surface area contributed by atoms with Gasteiger partial charge in [0.1, 0.15) is 12.1 Å². The van der Waals surface area contributed by atoms with Gasteiger partial charge in [0.25, 0.3) is 0 Å². The van der Waals surface area contributed by atoms with Gasteiger partial charge in [-0.2, -0.15) is 8.78 Å². The molecule has 1 aliphatic rings. The zero-order chi connectivity index (χ0) is 28.8. The smallest absolute Gasteiger partial charge is 0.387 e. The second kappa shape index (κ2) is 12.5. The first-order valence-electron chi connectivity index (χ1n) is 12.6. The molecule has 40 heavy (non-hydrogen) atoms. The van der Waals surface area contributed by atoms with Gasteiger partial charge in [0.15, 0.2) is 5.75 Å². The first kappa shape index (κ1) is 28.4. The highest BCUT2D eigenvalue weighted by Gasteiger charge is 2.27. The minimum Gasteiger partial charge on any atom is -0.433 e. The number of carbonyl (C=O) groups is 1. The molecular weight excluding hydrogens is 518 g/mol. The highest BCUT2D eigenvalue weighted by Crippen LogP contribution is 2.40. The van der Waals surface area contributed by atoms with Gasteiger partial charge in [-0.3, -0.25) is 4.79 Å². The van der Waals surface area contributed by atoms with E-state index in [1.807, 2.05) is 31.1 Å². The standard InChI is InChI=1S/C28H32F2N8O2/c1-5-27(39)36-22-11-23(25(40-28(29)30)13-24(22)38(4)19-8-9-37(3)15-19)35-26-12-21(33-16-34-26)17-6-7-18(14-31)20(10-17)32-2/h5-7,10-14,16,19,28,31-32H,1,8-9,15H2,2-4H3,(H,36,39)(H,33,34,35). The van der Waals surface area contributed by atoms with Crippen molar-refractivity contribution < 1.29 is 18.3 Å². The van der Waals surface area contributed by atoms with Crippen molar-refractivity contribution in [2.45, 2.75) is 19.1 Å². The van der Waals surface area contributed by atoms with Crippen LogP contribution >= 0.6 is 0 Å². The number of amides is 1. The number of ether oxygens (including phenoxy) is 1. The van der Waals surface area contributed by atoms with Gasteiger partial charge in [-0.05, 0) is 38.2 Å². The number of halogens is 2. The third-order valence-electron chi connectivity index (χ3n) is 6.76. The fourth-order valence-electron chi connectivity index (χ4n) is 4.64. The third-order valence-corrected chi connectivity index (χ3v) is 6.76. The zero-order valence-corrected chi connectivity index (χ0v) is 22.5. The number of benzene rings is 2. The highest BCUT2D eigenvalue weighted by molar-refractivity contribution is 6.02. The number of likely N-dealkylation sites (tertiary alicyclic amines) is 1. The zero-order valence-electron chi connectivity index (χ0n) is 22.5. The second-order valence-corrected chi connectivity index (χ2v) is 9.36. The van der Waals surface area contributed by atoms with E-state index >= 15 is 0 Å². The van der Waals surface area contributed by atoms with E-state index in [0.717, 1.165) is 42.4 Å². The summed E-state index contributed by atoms with van der Waals surface area (Å²) in [5.74, 6) is -0.219. The van der Waals surface area contributed by atoms with Gasteiger partial charge in [-0.25, -0.2) is 9.97 Å². The average Bonchev–Trinajstić information content (AvgIpc) is 3.39. The Labute approximate surface area is 231 Å². The Balaban J connectivity index is 1.74. The van der Waals surface area contributed by atoms with E-state index in [0.29, 0.717) is 22.9 Å². The van der Waals surface area contributed by atoms with Crippen molar-refractivity contribution in [3.8, 4) is 17.0 Å². The molecule has 1 aromatic heterocycles. The fourth-order valence-corrected chi connectivity index (χ4v) is 4.64. The first-order chi connectivity index (χ1) is 19.2. The Morgan fingerprint density at radius 3 is 2.67 bits per heavy atom. The van der Waals surface area contributed by atoms with Gasteiger partial charge in [-0.15, -0.1) is 0 Å². The van der Waals surface area contributed by atoms with E-state index in [4.69, 9.17) is 10.1 Å². The number of nitrogens with one attached hydrogen (secondary N) is 4. The molecule has 1 atom stereocenters. The van der Waals surface area contributed by atoms with Crippen LogP contribution in [-0.4, -0.2) is 73.9 Å². The van der Waals surface area contributed by atoms with Crippen molar-refractivity contribution in [2.24, 2.45) is 0 Å². The molecule has 1 aliphatic heterocycles. The van der Waals surface area contributed by atoms with Crippen molar-refractivity contribution in [3.05, 3.63) is 60.9 Å². The minimum absolute atomic E-state index is 0.104. The molecule has 10 nitrogen and oxygen atoms in total. The van der Waals surface area contributed by atoms with Crippen LogP contribution in [0.5, 0.6) is 5.75 Å². The molecule has 4 N–H and O–H groups in total. The van der Waals surface area contributed by atoms with Crippen molar-refractivity contribution >= 4 is 40.7 Å². The van der Waals surface area contributed by atoms with Crippen molar-refractivity contribution in [3.63, 3.8) is 0 Å². The summed E-state index contributed by atoms with van der Waals surface area (Å²) in [5.41, 5.74) is 3.93. The van der Waals surface area contributed by atoms with E-state index < -0.39 is 12.5 Å². The number of rotatable bonds is 11. The molecule has 0 aliphatic carbocycles. The minimum atomic E-state index is -3.07. The number of hydrogen-bond acceptors (Lipinski definition) is 9. The van der Waals surface area contributed by atoms with Gasteiger partial charge in [0.05, 0.1) is 22.8 Å². The van der Waals surface area contributed by atoms with Crippen LogP contribution in [0.3, 0.4) is 0 Å². The molecule has 2 aromatic carbocycles. The normalized spacial score (nSPS) is 15.0. The first-order valence-corrected chi connectivity index (χ1v) is 12.6. The lowest BCUT2D eigenvalue weighted by Crippen LogP contribution is -2.34. The summed E-state index contributed by atoms with van der Waals surface area (Å²) in [4.78, 5) is 25.0. The van der Waals surface area contributed by atoms with Gasteiger partial charge in [0, 0.05) is 61.8 Å². The van der Waals surface area contributed by atoms with E-state index in [-0.39, 0.29) is 17.5 Å². The summed E-state index contributed by atoms with van der Waals surface area (Å²) in [5, 5.41) is 16.5. The van der Waals surface area contributed by atoms with Crippen molar-refractivity contribution in [2.75, 3.05) is 55.1 Å². The second-order valence-electron chi connectivity index (χ2n) is 9.36. The average molecular weight is 551 g/mol. The van der Waals surface area contributed by atoms with Crippen LogP contribution in [0.4, 0.5) is 37.3 Å². The molecule has 1 unspecified atom stereocenters. The summed E-state index contributed by atoms with van der Waals surface area (Å²) in [6.45, 7) is 2.14. The van der Waals surface area contributed by atoms with Crippen LogP contribution in [0.25, 0.3) is 11.3 Å². The molecule has 0 spiro atoms. The molecule has 0 radical (unpaired) electrons. The predicted octanol–water partition coefficient (Wildman–Crippen LogP) is 4.79. The molecule has 2 heterocycles. The Morgan fingerprint density at radius 2 is 2.02 bits per heavy atom. The molecule has 1 amide bonds. The van der Waals surface area contributed by atoms with Crippen LogP contribution in [0.1, 0.15) is 12.0 Å². The SMILES string of the molecule is C=CC(=O)Nc1cc(Nc2cc(-c3ccc(C=N)c(NC)c3)ncn2)c(OC(F)F)cc1N(C)C1CCN(C)C1. The Bertz CT molecular complexity index is 1400. The maximum absolute atomic E-state index is 13.5. The topological polar surface area (TPSA) is 118 Å². The maximum Gasteiger partial charge on any atom is 0.387 e. The summed E-state index contributed by atoms with van der Waals surface area (Å²) in [6.07, 6.45) is 4.63. The molecule has 0 saturated carbocycles. The van der Waals surface area contributed by atoms with Crippen molar-refractivity contribution in [1.82, 2.24) is 14.9 Å². The van der Waals surface area contributed by atoms with Gasteiger partial charge in [-0.1, -0.05) is 18.7 Å². The number of anilines is 5. The van der Waals surface area contributed by atoms with E-state index in [9.17, 15) is 13.6 Å². The molecular formula is C28H32F2N8O2. The van der Waals surface area contributed by atoms with Gasteiger partial charge < -0.3 is 35.9 Å². The van der Waals surface area contributed by atoms with E-state index in [1.54, 1.807) is 25.2 Å². The Kier molecular flexibility index (Phi) is 8.90. The lowest BCUT2D eigenvalue weighted by molar-refractivity contribution is -0.111. The number of likely N-dealkylation sites (N-methyl/N-ethyl adjacent to an activating group) is 2. The highest BCUT2D eigenvalue weighted by atomic mass is 19.3. The van der Waals surface area contributed by atoms with Crippen LogP contribution in [-0.2, 0) is 4.79 Å². The van der Waals surface area contributed by atoms with Gasteiger partial charge in [0.2, 0.25) is 5.91 Å². The van der Waals surface area contributed by atoms with Crippen LogP contribution in [0, 0.1) is 5.41 Å². The number of hydrogen-bond donors (Lipinski definition) is 4. The fraction of sp³-hybridized carbons (Fsp3) is 0.286. The number of carbonyl (C=O) groups excluding carboxylic acids is 1. The van der Waals surface area contributed by atoms with E-state index in [2.05, 4.69) is 37.4 Å². The third kappa shape index (κ3) is 6.52. The van der Waals surface area contributed by atoms with Gasteiger partial charge >= 0.3 is 6.61 Å². The van der Waals surface area contributed by atoms with Crippen LogP contribution < -0.4 is 25.6 Å². The maximum atomic E-state index is 13.5. The number of alkyl halides is 2. The largest absolute Gasteiger partial charge is 0.433 e. The molecule has 1 saturated heterocycles. The predicted molar refractivity (Wildman–Crippen MR) is 154 cm³/mol. The monoisotopic (exact) mass is 550 g/mol. The van der Waals surface area contributed by atoms with E-state index in [1.165, 1.54) is 18.6 Å². The molecule has 210 valence electrons. The lowest BCUT2D eigenvalue weighted by Gasteiger charge is -2.30. The summed E-state index contributed by atoms with van der Waals surface area (Å²) < 4.78 is 31.9. The number of nitrogens with zero attached hydrogens (tertiary/aromatic N) is 4. The van der Waals surface area contributed by atoms with Crippen molar-refractivity contribution in [1.29, 1.82) is 5.41 Å². The lowest BCUT2D eigenvalue weighted by atomic mass is 10.1. The van der Waals surface area contributed by atoms with Crippen LogP contribution in [0.15, 0.2) is 55.4 Å². The molecule has 4 rings (SSSR count). The Morgan fingerprint density at radius 1 is 1.23 bits per heavy atom. The number of aromatic nitrogens is 2. The summed E-state index contributed by atoms with van der Waals surface area (Å²) in [7, 11) is 5.64. The van der Waals surface area contributed by atoms with Crippen LogP contribution in [0.2, 0.25) is 0 Å². The summed E-state index contributed by atoms with van der Waals surface area (Å²) >= 11 is 0. The molecule has 0 bridgehead atoms. The Hall–Kier alpha value is -4.58. The molecule has 1 fully saturated rings. The molecule has 3 aromatic rings. The molecule has 12 heteroatoms. The summed E-state index contributed by atoms with van der Waals surface area (Å²) in [6, 6.07) is 10.3. The quantitative estimate of drug-likeness (QED) is 0.199.